The van der Waals surface area contributed by atoms with Crippen LogP contribution in [0.15, 0.2) is 18.2 Å². The van der Waals surface area contributed by atoms with E-state index >= 15 is 0 Å². The number of aromatic nitrogens is 2. The van der Waals surface area contributed by atoms with Crippen LogP contribution in [0.1, 0.15) is 24.2 Å². The van der Waals surface area contributed by atoms with E-state index in [2.05, 4.69) is 53.7 Å². The van der Waals surface area contributed by atoms with Crippen molar-refractivity contribution >= 4 is 22.6 Å². The predicted molar refractivity (Wildman–Crippen MR) is 81.8 cm³/mol. The Balaban J connectivity index is 2.16. The molecule has 0 N–H and O–H groups in total. The lowest BCUT2D eigenvalue weighted by Crippen LogP contribution is -2.13. The van der Waals surface area contributed by atoms with Crippen LogP contribution >= 0.6 is 11.6 Å². The van der Waals surface area contributed by atoms with Gasteiger partial charge in [-0.3, -0.25) is 0 Å². The van der Waals surface area contributed by atoms with Gasteiger partial charge in [-0.15, -0.1) is 11.6 Å². The highest BCUT2D eigenvalue weighted by molar-refractivity contribution is 6.16. The van der Waals surface area contributed by atoms with Gasteiger partial charge in [-0.05, 0) is 58.1 Å². The minimum absolute atomic E-state index is 0.474. The molecular weight excluding hydrogens is 258 g/mol. The zero-order valence-electron chi connectivity index (χ0n) is 12.0. The molecule has 0 aliphatic heterocycles. The van der Waals surface area contributed by atoms with E-state index in [0.717, 1.165) is 30.9 Å². The average molecular weight is 280 g/mol. The topological polar surface area (TPSA) is 21.1 Å². The summed E-state index contributed by atoms with van der Waals surface area (Å²) in [6.07, 6.45) is 2.35. The molecule has 0 atom stereocenters. The maximum absolute atomic E-state index is 6.02. The van der Waals surface area contributed by atoms with Crippen LogP contribution in [0.25, 0.3) is 11.0 Å². The molecule has 0 amide bonds. The lowest BCUT2D eigenvalue weighted by atomic mass is 10.2. The molecule has 2 rings (SSSR count). The molecule has 0 spiro atoms. The zero-order chi connectivity index (χ0) is 13.8. The molecule has 3 nitrogen and oxygen atoms in total. The van der Waals surface area contributed by atoms with Gasteiger partial charge in [-0.25, -0.2) is 4.98 Å². The quantitative estimate of drug-likeness (QED) is 0.597. The fourth-order valence-electron chi connectivity index (χ4n) is 2.34. The second kappa shape index (κ2) is 6.40. The Morgan fingerprint density at radius 3 is 2.74 bits per heavy atom. The first-order valence-corrected chi connectivity index (χ1v) is 7.31. The molecule has 0 saturated heterocycles. The van der Waals surface area contributed by atoms with E-state index in [0.29, 0.717) is 5.88 Å². The smallest absolute Gasteiger partial charge is 0.124 e. The summed E-state index contributed by atoms with van der Waals surface area (Å²) in [5.41, 5.74) is 3.50. The van der Waals surface area contributed by atoms with E-state index in [4.69, 9.17) is 11.6 Å². The van der Waals surface area contributed by atoms with Gasteiger partial charge in [0.25, 0.3) is 0 Å². The van der Waals surface area contributed by atoms with Crippen LogP contribution in [0.4, 0.5) is 0 Å². The lowest BCUT2D eigenvalue weighted by molar-refractivity contribution is 0.388. The van der Waals surface area contributed by atoms with Gasteiger partial charge in [0.1, 0.15) is 5.82 Å². The zero-order valence-corrected chi connectivity index (χ0v) is 12.7. The van der Waals surface area contributed by atoms with Gasteiger partial charge >= 0.3 is 0 Å². The molecule has 104 valence electrons. The Kier molecular flexibility index (Phi) is 4.83. The van der Waals surface area contributed by atoms with Crippen LogP contribution in [0, 0.1) is 6.92 Å². The number of fused-ring (bicyclic) bond motifs is 1. The van der Waals surface area contributed by atoms with Gasteiger partial charge in [0.15, 0.2) is 0 Å². The van der Waals surface area contributed by atoms with Crippen molar-refractivity contribution in [2.45, 2.75) is 32.2 Å². The highest BCUT2D eigenvalue weighted by atomic mass is 35.5. The van der Waals surface area contributed by atoms with Gasteiger partial charge in [0.2, 0.25) is 0 Å². The predicted octanol–water partition coefficient (Wildman–Crippen LogP) is 3.43. The van der Waals surface area contributed by atoms with Crippen molar-refractivity contribution in [1.29, 1.82) is 0 Å². The molecule has 0 radical (unpaired) electrons. The summed E-state index contributed by atoms with van der Waals surface area (Å²) in [6.45, 7) is 4.22. The summed E-state index contributed by atoms with van der Waals surface area (Å²) in [4.78, 5) is 6.85. The molecule has 0 saturated carbocycles. The number of hydrogen-bond donors (Lipinski definition) is 0. The Bertz CT molecular complexity index is 546. The molecule has 4 heteroatoms. The molecule has 1 aromatic heterocycles. The largest absolute Gasteiger partial charge is 0.327 e. The van der Waals surface area contributed by atoms with E-state index < -0.39 is 0 Å². The van der Waals surface area contributed by atoms with Gasteiger partial charge in [-0.1, -0.05) is 6.07 Å². The minimum Gasteiger partial charge on any atom is -0.327 e. The molecule has 0 fully saturated rings. The molecule has 0 unspecified atom stereocenters. The average Bonchev–Trinajstić information content (AvgIpc) is 2.71. The van der Waals surface area contributed by atoms with Gasteiger partial charge in [0.05, 0.1) is 16.9 Å². The number of rotatable bonds is 6. The number of halogens is 1. The number of hydrogen-bond acceptors (Lipinski definition) is 2. The molecule has 1 aromatic carbocycles. The molecule has 0 bridgehead atoms. The highest BCUT2D eigenvalue weighted by Crippen LogP contribution is 2.19. The van der Waals surface area contributed by atoms with E-state index in [1.54, 1.807) is 0 Å². The van der Waals surface area contributed by atoms with Crippen LogP contribution in [-0.4, -0.2) is 35.1 Å². The van der Waals surface area contributed by atoms with Gasteiger partial charge < -0.3 is 9.47 Å². The van der Waals surface area contributed by atoms with Crippen molar-refractivity contribution in [3.05, 3.63) is 29.6 Å². The standard InChI is InChI=1S/C15H22ClN3/c1-12-6-7-14-13(10-12)17-15(11-16)19(14)9-5-4-8-18(2)3/h6-7,10H,4-5,8-9,11H2,1-3H3. The van der Waals surface area contributed by atoms with E-state index in [-0.39, 0.29) is 0 Å². The Morgan fingerprint density at radius 2 is 2.05 bits per heavy atom. The normalized spacial score (nSPS) is 11.6. The molecule has 19 heavy (non-hydrogen) atoms. The van der Waals surface area contributed by atoms with Crippen molar-refractivity contribution in [2.75, 3.05) is 20.6 Å². The third kappa shape index (κ3) is 3.48. The number of imidazole rings is 1. The van der Waals surface area contributed by atoms with E-state index in [1.165, 1.54) is 17.5 Å². The second-order valence-electron chi connectivity index (χ2n) is 5.32. The molecule has 0 aliphatic carbocycles. The van der Waals surface area contributed by atoms with Gasteiger partial charge in [0, 0.05) is 6.54 Å². The number of aryl methyl sites for hydroxylation is 2. The van der Waals surface area contributed by atoms with Crippen molar-refractivity contribution in [3.63, 3.8) is 0 Å². The first kappa shape index (κ1) is 14.4. The first-order valence-electron chi connectivity index (χ1n) is 6.78. The maximum Gasteiger partial charge on any atom is 0.124 e. The van der Waals surface area contributed by atoms with Crippen LogP contribution < -0.4 is 0 Å². The fraction of sp³-hybridized carbons (Fsp3) is 0.533. The second-order valence-corrected chi connectivity index (χ2v) is 5.58. The monoisotopic (exact) mass is 279 g/mol. The first-order chi connectivity index (χ1) is 9.11. The summed E-state index contributed by atoms with van der Waals surface area (Å²) in [6, 6.07) is 6.42. The number of nitrogens with zero attached hydrogens (tertiary/aromatic N) is 3. The van der Waals surface area contributed by atoms with Gasteiger partial charge in [-0.2, -0.15) is 0 Å². The summed E-state index contributed by atoms with van der Waals surface area (Å²) < 4.78 is 2.26. The molecule has 0 aliphatic rings. The lowest BCUT2D eigenvalue weighted by Gasteiger charge is -2.11. The summed E-state index contributed by atoms with van der Waals surface area (Å²) in [5, 5.41) is 0. The number of benzene rings is 1. The summed E-state index contributed by atoms with van der Waals surface area (Å²) in [7, 11) is 4.22. The summed E-state index contributed by atoms with van der Waals surface area (Å²) in [5.74, 6) is 1.45. The van der Waals surface area contributed by atoms with Crippen LogP contribution in [0.5, 0.6) is 0 Å². The van der Waals surface area contributed by atoms with Crippen LogP contribution in [-0.2, 0) is 12.4 Å². The third-order valence-corrected chi connectivity index (χ3v) is 3.58. The molecule has 1 heterocycles. The van der Waals surface area contributed by atoms with E-state index in [9.17, 15) is 0 Å². The van der Waals surface area contributed by atoms with Crippen molar-refractivity contribution in [3.8, 4) is 0 Å². The SMILES string of the molecule is Cc1ccc2c(c1)nc(CCl)n2CCCCN(C)C. The minimum atomic E-state index is 0.474. The summed E-state index contributed by atoms with van der Waals surface area (Å²) >= 11 is 6.02. The van der Waals surface area contributed by atoms with Crippen molar-refractivity contribution < 1.29 is 0 Å². The molecule has 2 aromatic rings. The Labute approximate surface area is 120 Å². The van der Waals surface area contributed by atoms with Crippen molar-refractivity contribution in [1.82, 2.24) is 14.5 Å². The van der Waals surface area contributed by atoms with Crippen molar-refractivity contribution in [2.24, 2.45) is 0 Å². The maximum atomic E-state index is 6.02. The Hall–Kier alpha value is -1.06. The highest BCUT2D eigenvalue weighted by Gasteiger charge is 2.09. The van der Waals surface area contributed by atoms with E-state index in [1.807, 2.05) is 0 Å². The number of alkyl halides is 1. The number of unbranched alkanes of at least 4 members (excludes halogenated alkanes) is 1. The molecular formula is C15H22ClN3. The van der Waals surface area contributed by atoms with Crippen LogP contribution in [0.3, 0.4) is 0 Å². The third-order valence-electron chi connectivity index (χ3n) is 3.34. The Morgan fingerprint density at radius 1 is 1.26 bits per heavy atom. The van der Waals surface area contributed by atoms with Crippen LogP contribution in [0.2, 0.25) is 0 Å². The fourth-order valence-corrected chi connectivity index (χ4v) is 2.54.